The van der Waals surface area contributed by atoms with E-state index in [1.165, 1.54) is 11.9 Å². The van der Waals surface area contributed by atoms with E-state index in [2.05, 4.69) is 10.6 Å². The lowest BCUT2D eigenvalue weighted by Gasteiger charge is -2.32. The Morgan fingerprint density at radius 3 is 2.55 bits per heavy atom. The Kier molecular flexibility index (Phi) is 7.34. The lowest BCUT2D eigenvalue weighted by molar-refractivity contribution is -0.141. The molecule has 0 aromatic carbocycles. The van der Waals surface area contributed by atoms with Gasteiger partial charge in [-0.05, 0) is 25.7 Å². The van der Waals surface area contributed by atoms with E-state index in [1.807, 2.05) is 0 Å². The second-order valence-corrected chi connectivity index (χ2v) is 5.30. The molecule has 0 radical (unpaired) electrons. The first-order chi connectivity index (χ1) is 10.4. The molecule has 1 atom stereocenters. The number of rotatable bonds is 8. The zero-order valence-corrected chi connectivity index (χ0v) is 12.8. The summed E-state index contributed by atoms with van der Waals surface area (Å²) in [5.74, 6) is -1.62. The number of nitrogens with one attached hydrogen (secondary N) is 2. The van der Waals surface area contributed by atoms with Crippen molar-refractivity contribution in [2.24, 2.45) is 0 Å². The summed E-state index contributed by atoms with van der Waals surface area (Å²) in [6.07, 6.45) is 2.43. The van der Waals surface area contributed by atoms with E-state index in [4.69, 9.17) is 5.11 Å². The van der Waals surface area contributed by atoms with Crippen molar-refractivity contribution in [3.8, 4) is 0 Å². The van der Waals surface area contributed by atoms with Crippen LogP contribution in [0.1, 0.15) is 38.5 Å². The van der Waals surface area contributed by atoms with Crippen LogP contribution in [0.15, 0.2) is 0 Å². The zero-order chi connectivity index (χ0) is 16.5. The van der Waals surface area contributed by atoms with Crippen LogP contribution in [-0.2, 0) is 19.2 Å². The lowest BCUT2D eigenvalue weighted by atomic mass is 10.0. The Bertz CT molecular complexity index is 438. The molecule has 1 rings (SSSR count). The fraction of sp³-hybridized carbons (Fsp3) is 0.714. The number of amides is 3. The van der Waals surface area contributed by atoms with E-state index in [1.54, 1.807) is 0 Å². The van der Waals surface area contributed by atoms with Crippen molar-refractivity contribution in [1.82, 2.24) is 15.5 Å². The van der Waals surface area contributed by atoms with Crippen LogP contribution < -0.4 is 10.6 Å². The Morgan fingerprint density at radius 2 is 1.91 bits per heavy atom. The molecule has 22 heavy (non-hydrogen) atoms. The molecule has 0 spiro atoms. The predicted molar refractivity (Wildman–Crippen MR) is 77.9 cm³/mol. The molecule has 8 heteroatoms. The molecule has 1 heterocycles. The first-order valence-electron chi connectivity index (χ1n) is 7.44. The van der Waals surface area contributed by atoms with Crippen LogP contribution >= 0.6 is 0 Å². The summed E-state index contributed by atoms with van der Waals surface area (Å²) in [5, 5.41) is 13.6. The van der Waals surface area contributed by atoms with Crippen LogP contribution in [0, 0.1) is 0 Å². The molecular formula is C14H23N3O5. The van der Waals surface area contributed by atoms with Crippen molar-refractivity contribution in [1.29, 1.82) is 0 Å². The quantitative estimate of drug-likeness (QED) is 0.522. The van der Waals surface area contributed by atoms with Crippen molar-refractivity contribution >= 4 is 23.7 Å². The zero-order valence-electron chi connectivity index (χ0n) is 12.8. The first-order valence-corrected chi connectivity index (χ1v) is 7.44. The van der Waals surface area contributed by atoms with Gasteiger partial charge < -0.3 is 20.6 Å². The highest BCUT2D eigenvalue weighted by molar-refractivity contribution is 5.91. The Balaban J connectivity index is 2.37. The number of carbonyl (C=O) groups is 4. The van der Waals surface area contributed by atoms with Crippen LogP contribution in [-0.4, -0.2) is 59.9 Å². The molecule has 1 fully saturated rings. The summed E-state index contributed by atoms with van der Waals surface area (Å²) < 4.78 is 0. The molecule has 124 valence electrons. The SMILES string of the molecule is CNC(=O)CN1CCCC(NC(=O)CCCCC(=O)O)C1=O. The smallest absolute Gasteiger partial charge is 0.303 e. The third-order valence-corrected chi connectivity index (χ3v) is 3.52. The molecule has 1 saturated heterocycles. The van der Waals surface area contributed by atoms with E-state index >= 15 is 0 Å². The van der Waals surface area contributed by atoms with Gasteiger partial charge in [0.25, 0.3) is 0 Å². The number of carbonyl (C=O) groups excluding carboxylic acids is 3. The summed E-state index contributed by atoms with van der Waals surface area (Å²) in [6, 6.07) is -0.592. The third-order valence-electron chi connectivity index (χ3n) is 3.52. The summed E-state index contributed by atoms with van der Waals surface area (Å²) in [7, 11) is 1.51. The van der Waals surface area contributed by atoms with Crippen molar-refractivity contribution in [3.05, 3.63) is 0 Å². The van der Waals surface area contributed by atoms with Gasteiger partial charge >= 0.3 is 5.97 Å². The van der Waals surface area contributed by atoms with Gasteiger partial charge in [-0.25, -0.2) is 0 Å². The van der Waals surface area contributed by atoms with Gasteiger partial charge in [0.1, 0.15) is 6.04 Å². The number of hydrogen-bond donors (Lipinski definition) is 3. The van der Waals surface area contributed by atoms with Gasteiger partial charge in [-0.2, -0.15) is 0 Å². The minimum Gasteiger partial charge on any atom is -0.481 e. The topological polar surface area (TPSA) is 116 Å². The first kappa shape index (κ1) is 17.9. The normalized spacial score (nSPS) is 18.0. The molecule has 0 aromatic heterocycles. The molecule has 1 aliphatic rings. The van der Waals surface area contributed by atoms with Gasteiger partial charge in [-0.15, -0.1) is 0 Å². The molecule has 0 saturated carbocycles. The molecular weight excluding hydrogens is 290 g/mol. The monoisotopic (exact) mass is 313 g/mol. The molecule has 8 nitrogen and oxygen atoms in total. The molecule has 3 amide bonds. The van der Waals surface area contributed by atoms with Crippen molar-refractivity contribution < 1.29 is 24.3 Å². The standard InChI is InChI=1S/C14H23N3O5/c1-15-12(19)9-17-8-4-5-10(14(17)22)16-11(18)6-2-3-7-13(20)21/h10H,2-9H2,1H3,(H,15,19)(H,16,18)(H,20,21). The fourth-order valence-corrected chi connectivity index (χ4v) is 2.31. The van der Waals surface area contributed by atoms with Gasteiger partial charge in [0.15, 0.2) is 0 Å². The number of unbranched alkanes of at least 4 members (excludes halogenated alkanes) is 1. The summed E-state index contributed by atoms with van der Waals surface area (Å²) in [6.45, 7) is 0.511. The van der Waals surface area contributed by atoms with E-state index in [0.717, 1.165) is 6.42 Å². The van der Waals surface area contributed by atoms with Crippen LogP contribution in [0.25, 0.3) is 0 Å². The minimum atomic E-state index is -0.882. The number of hydrogen-bond acceptors (Lipinski definition) is 4. The maximum atomic E-state index is 12.2. The highest BCUT2D eigenvalue weighted by Crippen LogP contribution is 2.12. The number of carboxylic acids is 1. The highest BCUT2D eigenvalue weighted by atomic mass is 16.4. The predicted octanol–water partition coefficient (Wildman–Crippen LogP) is -0.515. The lowest BCUT2D eigenvalue weighted by Crippen LogP contribution is -2.54. The Hall–Kier alpha value is -2.12. The van der Waals surface area contributed by atoms with Crippen LogP contribution in [0.3, 0.4) is 0 Å². The van der Waals surface area contributed by atoms with E-state index in [9.17, 15) is 19.2 Å². The number of likely N-dealkylation sites (tertiary alicyclic amines) is 1. The number of aliphatic carboxylic acids is 1. The number of likely N-dealkylation sites (N-methyl/N-ethyl adjacent to an activating group) is 1. The van der Waals surface area contributed by atoms with Crippen molar-refractivity contribution in [2.75, 3.05) is 20.1 Å². The largest absolute Gasteiger partial charge is 0.481 e. The van der Waals surface area contributed by atoms with Gasteiger partial charge in [-0.1, -0.05) is 0 Å². The van der Waals surface area contributed by atoms with Gasteiger partial charge in [-0.3, -0.25) is 19.2 Å². The average molecular weight is 313 g/mol. The maximum absolute atomic E-state index is 12.2. The van der Waals surface area contributed by atoms with Crippen molar-refractivity contribution in [3.63, 3.8) is 0 Å². The van der Waals surface area contributed by atoms with Crippen LogP contribution in [0.2, 0.25) is 0 Å². The number of nitrogens with zero attached hydrogens (tertiary/aromatic N) is 1. The molecule has 1 unspecified atom stereocenters. The van der Waals surface area contributed by atoms with Crippen LogP contribution in [0.4, 0.5) is 0 Å². The summed E-state index contributed by atoms with van der Waals surface area (Å²) in [5.41, 5.74) is 0. The minimum absolute atomic E-state index is 0.000313. The van der Waals surface area contributed by atoms with Crippen LogP contribution in [0.5, 0.6) is 0 Å². The number of piperidine rings is 1. The fourth-order valence-electron chi connectivity index (χ4n) is 2.31. The average Bonchev–Trinajstić information content (AvgIpc) is 2.47. The molecule has 0 aromatic rings. The molecule has 1 aliphatic heterocycles. The second kappa shape index (κ2) is 9.01. The summed E-state index contributed by atoms with van der Waals surface area (Å²) >= 11 is 0. The third kappa shape index (κ3) is 6.11. The second-order valence-electron chi connectivity index (χ2n) is 5.30. The van der Waals surface area contributed by atoms with E-state index < -0.39 is 12.0 Å². The van der Waals surface area contributed by atoms with E-state index in [0.29, 0.717) is 25.8 Å². The molecule has 0 bridgehead atoms. The summed E-state index contributed by atoms with van der Waals surface area (Å²) in [4.78, 5) is 47.1. The molecule has 3 N–H and O–H groups in total. The molecule has 0 aliphatic carbocycles. The van der Waals surface area contributed by atoms with Crippen molar-refractivity contribution in [2.45, 2.75) is 44.6 Å². The van der Waals surface area contributed by atoms with Gasteiger partial charge in [0.05, 0.1) is 6.54 Å². The Morgan fingerprint density at radius 1 is 1.23 bits per heavy atom. The Labute approximate surface area is 129 Å². The number of carboxylic acid groups (broad SMARTS) is 1. The highest BCUT2D eigenvalue weighted by Gasteiger charge is 2.30. The van der Waals surface area contributed by atoms with Gasteiger partial charge in [0, 0.05) is 26.4 Å². The van der Waals surface area contributed by atoms with Gasteiger partial charge in [0.2, 0.25) is 17.7 Å². The van der Waals surface area contributed by atoms with E-state index in [-0.39, 0.29) is 37.1 Å². The maximum Gasteiger partial charge on any atom is 0.303 e.